The van der Waals surface area contributed by atoms with E-state index in [-0.39, 0.29) is 11.6 Å². The first-order valence-corrected chi connectivity index (χ1v) is 6.93. The normalized spacial score (nSPS) is 13.5. The Labute approximate surface area is 112 Å². The quantitative estimate of drug-likeness (QED) is 0.870. The highest BCUT2D eigenvalue weighted by Gasteiger charge is 2.23. The fourth-order valence-corrected chi connectivity index (χ4v) is 2.53. The van der Waals surface area contributed by atoms with Gasteiger partial charge in [0.1, 0.15) is 5.01 Å². The zero-order valence-corrected chi connectivity index (χ0v) is 11.6. The lowest BCUT2D eigenvalue weighted by atomic mass is 10.0. The molecular weight excluding hydrogens is 242 g/mol. The van der Waals surface area contributed by atoms with Crippen LogP contribution in [0.15, 0.2) is 41.9 Å². The molecule has 0 saturated heterocycles. The molecule has 4 heteroatoms. The van der Waals surface area contributed by atoms with Crippen molar-refractivity contribution in [3.8, 4) is 0 Å². The molecule has 3 N–H and O–H groups in total. The molecule has 0 bridgehead atoms. The van der Waals surface area contributed by atoms with Crippen molar-refractivity contribution < 1.29 is 0 Å². The van der Waals surface area contributed by atoms with Crippen LogP contribution in [0.4, 0.5) is 0 Å². The monoisotopic (exact) mass is 261 g/mol. The molecule has 1 aromatic carbocycles. The number of nitrogens with one attached hydrogen (secondary N) is 1. The average Bonchev–Trinajstić information content (AvgIpc) is 2.92. The van der Waals surface area contributed by atoms with Crippen LogP contribution >= 0.6 is 11.3 Å². The number of hydrogen-bond acceptors (Lipinski definition) is 4. The van der Waals surface area contributed by atoms with E-state index in [1.54, 1.807) is 11.3 Å². The Hall–Kier alpha value is -1.23. The Kier molecular flexibility index (Phi) is 4.11. The highest BCUT2D eigenvalue weighted by Crippen LogP contribution is 2.22. The molecule has 0 spiro atoms. The topological polar surface area (TPSA) is 50.9 Å². The molecule has 0 aliphatic carbocycles. The van der Waals surface area contributed by atoms with E-state index in [1.807, 2.05) is 29.8 Å². The van der Waals surface area contributed by atoms with Gasteiger partial charge in [0.05, 0.1) is 5.54 Å². The van der Waals surface area contributed by atoms with E-state index in [4.69, 9.17) is 5.73 Å². The molecule has 0 radical (unpaired) electrons. The standard InChI is InChI=1S/C14H19N3S/c1-14(2,13-16-8-9-18-13)17-10-12(15)11-6-4-3-5-7-11/h3-9,12,17H,10,15H2,1-2H3/t12-/m1/s1. The minimum atomic E-state index is -0.138. The van der Waals surface area contributed by atoms with Crippen LogP contribution < -0.4 is 11.1 Å². The summed E-state index contributed by atoms with van der Waals surface area (Å²) in [5.41, 5.74) is 7.19. The van der Waals surface area contributed by atoms with Gasteiger partial charge in [0, 0.05) is 24.2 Å². The number of benzene rings is 1. The summed E-state index contributed by atoms with van der Waals surface area (Å²) in [5.74, 6) is 0. The summed E-state index contributed by atoms with van der Waals surface area (Å²) in [6.45, 7) is 4.99. The Morgan fingerprint density at radius 2 is 2.06 bits per heavy atom. The first-order valence-electron chi connectivity index (χ1n) is 6.05. The molecule has 0 amide bonds. The Bertz CT molecular complexity index is 465. The van der Waals surface area contributed by atoms with Crippen LogP contribution in [-0.2, 0) is 5.54 Å². The second-order valence-corrected chi connectivity index (χ2v) is 5.75. The largest absolute Gasteiger partial charge is 0.323 e. The fourth-order valence-electron chi connectivity index (χ4n) is 1.79. The average molecular weight is 261 g/mol. The molecule has 1 heterocycles. The third kappa shape index (κ3) is 3.16. The maximum atomic E-state index is 6.18. The summed E-state index contributed by atoms with van der Waals surface area (Å²) in [4.78, 5) is 4.35. The van der Waals surface area contributed by atoms with E-state index in [9.17, 15) is 0 Å². The van der Waals surface area contributed by atoms with Crippen molar-refractivity contribution in [3.63, 3.8) is 0 Å². The summed E-state index contributed by atoms with van der Waals surface area (Å²) in [6, 6.07) is 10.2. The van der Waals surface area contributed by atoms with Gasteiger partial charge in [-0.2, -0.15) is 0 Å². The van der Waals surface area contributed by atoms with Gasteiger partial charge in [-0.05, 0) is 19.4 Å². The number of nitrogens with two attached hydrogens (primary N) is 1. The number of hydrogen-bond donors (Lipinski definition) is 2. The number of rotatable bonds is 5. The van der Waals surface area contributed by atoms with Crippen LogP contribution in [0.3, 0.4) is 0 Å². The van der Waals surface area contributed by atoms with Crippen LogP contribution in [0.25, 0.3) is 0 Å². The van der Waals surface area contributed by atoms with Crippen molar-refractivity contribution in [2.45, 2.75) is 25.4 Å². The van der Waals surface area contributed by atoms with Gasteiger partial charge in [-0.15, -0.1) is 11.3 Å². The molecule has 18 heavy (non-hydrogen) atoms. The second kappa shape index (κ2) is 5.61. The van der Waals surface area contributed by atoms with Crippen molar-refractivity contribution >= 4 is 11.3 Å². The minimum Gasteiger partial charge on any atom is -0.323 e. The van der Waals surface area contributed by atoms with E-state index >= 15 is 0 Å². The molecule has 2 aromatic rings. The summed E-state index contributed by atoms with van der Waals surface area (Å²) >= 11 is 1.66. The Balaban J connectivity index is 1.96. The third-order valence-electron chi connectivity index (χ3n) is 2.96. The summed E-state index contributed by atoms with van der Waals surface area (Å²) in [7, 11) is 0. The molecular formula is C14H19N3S. The molecule has 0 aliphatic heterocycles. The zero-order valence-electron chi connectivity index (χ0n) is 10.8. The predicted octanol–water partition coefficient (Wildman–Crippen LogP) is 2.67. The van der Waals surface area contributed by atoms with Crippen LogP contribution in [0, 0.1) is 0 Å². The third-order valence-corrected chi connectivity index (χ3v) is 4.06. The van der Waals surface area contributed by atoms with Gasteiger partial charge in [-0.25, -0.2) is 4.98 Å². The lowest BCUT2D eigenvalue weighted by Crippen LogP contribution is -2.40. The van der Waals surface area contributed by atoms with E-state index in [0.717, 1.165) is 17.1 Å². The number of aromatic nitrogens is 1. The van der Waals surface area contributed by atoms with Crippen LogP contribution in [-0.4, -0.2) is 11.5 Å². The highest BCUT2D eigenvalue weighted by molar-refractivity contribution is 7.09. The lowest BCUT2D eigenvalue weighted by Gasteiger charge is -2.26. The molecule has 3 nitrogen and oxygen atoms in total. The van der Waals surface area contributed by atoms with Crippen LogP contribution in [0.2, 0.25) is 0 Å². The van der Waals surface area contributed by atoms with Crippen LogP contribution in [0.5, 0.6) is 0 Å². The highest BCUT2D eigenvalue weighted by atomic mass is 32.1. The molecule has 0 unspecified atom stereocenters. The Morgan fingerprint density at radius 1 is 1.33 bits per heavy atom. The summed E-state index contributed by atoms with van der Waals surface area (Å²) in [5, 5.41) is 6.56. The van der Waals surface area contributed by atoms with Gasteiger partial charge >= 0.3 is 0 Å². The second-order valence-electron chi connectivity index (χ2n) is 4.86. The molecule has 0 aliphatic rings. The number of thiazole rings is 1. The van der Waals surface area contributed by atoms with Crippen molar-refractivity contribution in [1.29, 1.82) is 0 Å². The molecule has 2 rings (SSSR count). The van der Waals surface area contributed by atoms with Crippen LogP contribution in [0.1, 0.15) is 30.5 Å². The molecule has 1 aromatic heterocycles. The maximum absolute atomic E-state index is 6.18. The molecule has 0 fully saturated rings. The van der Waals surface area contributed by atoms with Crippen molar-refractivity contribution in [2.75, 3.05) is 6.54 Å². The molecule has 0 saturated carbocycles. The smallest absolute Gasteiger partial charge is 0.112 e. The fraction of sp³-hybridized carbons (Fsp3) is 0.357. The van der Waals surface area contributed by atoms with Gasteiger partial charge in [0.15, 0.2) is 0 Å². The van der Waals surface area contributed by atoms with E-state index < -0.39 is 0 Å². The maximum Gasteiger partial charge on any atom is 0.112 e. The first-order chi connectivity index (χ1) is 8.59. The van der Waals surface area contributed by atoms with Crippen molar-refractivity contribution in [1.82, 2.24) is 10.3 Å². The number of nitrogens with zero attached hydrogens (tertiary/aromatic N) is 1. The zero-order chi connectivity index (χ0) is 13.0. The predicted molar refractivity (Wildman–Crippen MR) is 76.5 cm³/mol. The lowest BCUT2D eigenvalue weighted by molar-refractivity contribution is 0.386. The van der Waals surface area contributed by atoms with E-state index in [1.165, 1.54) is 0 Å². The van der Waals surface area contributed by atoms with Crippen molar-refractivity contribution in [3.05, 3.63) is 52.5 Å². The Morgan fingerprint density at radius 3 is 2.67 bits per heavy atom. The van der Waals surface area contributed by atoms with Gasteiger partial charge in [0.2, 0.25) is 0 Å². The van der Waals surface area contributed by atoms with E-state index in [2.05, 4.69) is 36.3 Å². The minimum absolute atomic E-state index is 0.00503. The van der Waals surface area contributed by atoms with E-state index in [0.29, 0.717) is 0 Å². The summed E-state index contributed by atoms with van der Waals surface area (Å²) < 4.78 is 0. The van der Waals surface area contributed by atoms with Gasteiger partial charge in [0.25, 0.3) is 0 Å². The van der Waals surface area contributed by atoms with Crippen molar-refractivity contribution in [2.24, 2.45) is 5.73 Å². The van der Waals surface area contributed by atoms with Gasteiger partial charge in [-0.3, -0.25) is 0 Å². The summed E-state index contributed by atoms with van der Waals surface area (Å²) in [6.07, 6.45) is 1.83. The van der Waals surface area contributed by atoms with Gasteiger partial charge in [-0.1, -0.05) is 30.3 Å². The SMILES string of the molecule is CC(C)(NC[C@@H](N)c1ccccc1)c1nccs1. The molecule has 1 atom stereocenters. The molecule has 96 valence electrons. The van der Waals surface area contributed by atoms with Gasteiger partial charge < -0.3 is 11.1 Å². The first kappa shape index (κ1) is 13.2.